The molecule has 1 amide bonds. The van der Waals surface area contributed by atoms with E-state index in [4.69, 9.17) is 14.9 Å². The van der Waals surface area contributed by atoms with Gasteiger partial charge in [0.25, 0.3) is 0 Å². The first kappa shape index (κ1) is 12.7. The van der Waals surface area contributed by atoms with Gasteiger partial charge < -0.3 is 20.2 Å². The van der Waals surface area contributed by atoms with Crippen LogP contribution in [0.4, 0.5) is 0 Å². The fourth-order valence-corrected chi connectivity index (χ4v) is 1.39. The van der Waals surface area contributed by atoms with E-state index in [1.54, 1.807) is 7.11 Å². The van der Waals surface area contributed by atoms with Gasteiger partial charge in [0, 0.05) is 19.6 Å². The van der Waals surface area contributed by atoms with Crippen molar-refractivity contribution in [2.24, 2.45) is 5.73 Å². The highest BCUT2D eigenvalue weighted by Crippen LogP contribution is 2.08. The van der Waals surface area contributed by atoms with Crippen LogP contribution in [0.25, 0.3) is 0 Å². The molecule has 1 atom stereocenters. The SMILES string of the molecule is COCc1ccc(CNC(C)CC(N)=O)o1. The molecule has 5 heteroatoms. The second-order valence-corrected chi connectivity index (χ2v) is 3.75. The summed E-state index contributed by atoms with van der Waals surface area (Å²) in [6, 6.07) is 3.81. The van der Waals surface area contributed by atoms with Gasteiger partial charge in [0.1, 0.15) is 18.1 Å². The van der Waals surface area contributed by atoms with E-state index in [0.717, 1.165) is 11.5 Å². The second kappa shape index (κ2) is 6.30. The summed E-state index contributed by atoms with van der Waals surface area (Å²) in [5.74, 6) is 1.31. The lowest BCUT2D eigenvalue weighted by Gasteiger charge is -2.09. The Hall–Kier alpha value is -1.33. The van der Waals surface area contributed by atoms with Gasteiger partial charge in [-0.2, -0.15) is 0 Å². The first-order valence-electron chi connectivity index (χ1n) is 5.20. The number of carbonyl (C=O) groups excluding carboxylic acids is 1. The van der Waals surface area contributed by atoms with Crippen LogP contribution in [0.2, 0.25) is 0 Å². The van der Waals surface area contributed by atoms with Crippen LogP contribution in [-0.2, 0) is 22.7 Å². The molecule has 0 aliphatic carbocycles. The van der Waals surface area contributed by atoms with Gasteiger partial charge in [-0.05, 0) is 19.1 Å². The van der Waals surface area contributed by atoms with Crippen molar-refractivity contribution in [3.63, 3.8) is 0 Å². The molecule has 1 heterocycles. The van der Waals surface area contributed by atoms with Crippen LogP contribution in [-0.4, -0.2) is 19.1 Å². The van der Waals surface area contributed by atoms with E-state index in [0.29, 0.717) is 19.6 Å². The number of nitrogens with two attached hydrogens (primary N) is 1. The van der Waals surface area contributed by atoms with Crippen LogP contribution in [0.5, 0.6) is 0 Å². The maximum Gasteiger partial charge on any atom is 0.218 e. The van der Waals surface area contributed by atoms with Crippen molar-refractivity contribution in [1.29, 1.82) is 0 Å². The maximum absolute atomic E-state index is 10.7. The zero-order valence-electron chi connectivity index (χ0n) is 9.66. The standard InChI is InChI=1S/C11H18N2O3/c1-8(5-11(12)14)13-6-9-3-4-10(16-9)7-15-2/h3-4,8,13H,5-7H2,1-2H3,(H2,12,14). The lowest BCUT2D eigenvalue weighted by Crippen LogP contribution is -2.30. The molecule has 90 valence electrons. The summed E-state index contributed by atoms with van der Waals surface area (Å²) < 4.78 is 10.4. The van der Waals surface area contributed by atoms with Gasteiger partial charge in [-0.1, -0.05) is 0 Å². The fourth-order valence-electron chi connectivity index (χ4n) is 1.39. The summed E-state index contributed by atoms with van der Waals surface area (Å²) >= 11 is 0. The van der Waals surface area contributed by atoms with Crippen molar-refractivity contribution in [3.8, 4) is 0 Å². The normalized spacial score (nSPS) is 12.6. The zero-order chi connectivity index (χ0) is 12.0. The van der Waals surface area contributed by atoms with Crippen LogP contribution in [0, 0.1) is 0 Å². The van der Waals surface area contributed by atoms with Crippen molar-refractivity contribution in [1.82, 2.24) is 5.32 Å². The highest BCUT2D eigenvalue weighted by Gasteiger charge is 2.07. The molecule has 5 nitrogen and oxygen atoms in total. The summed E-state index contributed by atoms with van der Waals surface area (Å²) in [6.45, 7) is 2.96. The molecule has 1 rings (SSSR count). The van der Waals surface area contributed by atoms with Crippen LogP contribution in [0.3, 0.4) is 0 Å². The first-order chi connectivity index (χ1) is 7.61. The number of primary amides is 1. The van der Waals surface area contributed by atoms with E-state index in [-0.39, 0.29) is 11.9 Å². The number of carbonyl (C=O) groups is 1. The van der Waals surface area contributed by atoms with E-state index >= 15 is 0 Å². The number of ether oxygens (including phenoxy) is 1. The highest BCUT2D eigenvalue weighted by molar-refractivity contribution is 5.74. The Bertz CT molecular complexity index is 336. The van der Waals surface area contributed by atoms with Gasteiger partial charge in [-0.25, -0.2) is 0 Å². The molecule has 1 aromatic rings. The lowest BCUT2D eigenvalue weighted by atomic mass is 10.2. The van der Waals surface area contributed by atoms with Gasteiger partial charge in [-0.15, -0.1) is 0 Å². The molecule has 1 aromatic heterocycles. The number of nitrogens with one attached hydrogen (secondary N) is 1. The van der Waals surface area contributed by atoms with Crippen molar-refractivity contribution >= 4 is 5.91 Å². The van der Waals surface area contributed by atoms with Crippen LogP contribution < -0.4 is 11.1 Å². The lowest BCUT2D eigenvalue weighted by molar-refractivity contribution is -0.118. The van der Waals surface area contributed by atoms with Gasteiger partial charge in [-0.3, -0.25) is 4.79 Å². The topological polar surface area (TPSA) is 77.5 Å². The summed E-state index contributed by atoms with van der Waals surface area (Å²) in [6.07, 6.45) is 0.325. The molecule has 16 heavy (non-hydrogen) atoms. The molecule has 0 radical (unpaired) electrons. The minimum Gasteiger partial charge on any atom is -0.462 e. The minimum atomic E-state index is -0.306. The van der Waals surface area contributed by atoms with Gasteiger partial charge in [0.05, 0.1) is 6.54 Å². The largest absolute Gasteiger partial charge is 0.462 e. The van der Waals surface area contributed by atoms with Crippen LogP contribution in [0.15, 0.2) is 16.5 Å². The molecule has 0 aliphatic rings. The summed E-state index contributed by atoms with van der Waals surface area (Å²) in [5.41, 5.74) is 5.09. The molecule has 0 spiro atoms. The predicted octanol–water partition coefficient (Wildman–Crippen LogP) is 0.780. The third kappa shape index (κ3) is 4.46. The van der Waals surface area contributed by atoms with E-state index in [9.17, 15) is 4.79 Å². The summed E-state index contributed by atoms with van der Waals surface area (Å²) in [5, 5.41) is 3.15. The smallest absolute Gasteiger partial charge is 0.218 e. The number of rotatable bonds is 7. The molecule has 0 fully saturated rings. The van der Waals surface area contributed by atoms with E-state index in [2.05, 4.69) is 5.32 Å². The Morgan fingerprint density at radius 3 is 2.88 bits per heavy atom. The summed E-state index contributed by atoms with van der Waals surface area (Å²) in [7, 11) is 1.62. The number of furan rings is 1. The molecule has 0 aliphatic heterocycles. The van der Waals surface area contributed by atoms with Gasteiger partial charge >= 0.3 is 0 Å². The molecule has 0 saturated heterocycles. The van der Waals surface area contributed by atoms with E-state index in [1.807, 2.05) is 19.1 Å². The number of amides is 1. The molecule has 3 N–H and O–H groups in total. The molecule has 1 unspecified atom stereocenters. The maximum atomic E-state index is 10.7. The first-order valence-corrected chi connectivity index (χ1v) is 5.20. The third-order valence-electron chi connectivity index (χ3n) is 2.14. The number of hydrogen-bond donors (Lipinski definition) is 2. The Kier molecular flexibility index (Phi) is 5.01. The monoisotopic (exact) mass is 226 g/mol. The van der Waals surface area contributed by atoms with E-state index in [1.165, 1.54) is 0 Å². The number of hydrogen-bond acceptors (Lipinski definition) is 4. The number of methoxy groups -OCH3 is 1. The summed E-state index contributed by atoms with van der Waals surface area (Å²) in [4.78, 5) is 10.7. The minimum absolute atomic E-state index is 0.0495. The van der Waals surface area contributed by atoms with Crippen LogP contribution in [0.1, 0.15) is 24.9 Å². The third-order valence-corrected chi connectivity index (χ3v) is 2.14. The van der Waals surface area contributed by atoms with Crippen molar-refractivity contribution in [2.45, 2.75) is 32.5 Å². The van der Waals surface area contributed by atoms with E-state index < -0.39 is 0 Å². The van der Waals surface area contributed by atoms with Gasteiger partial charge in [0.2, 0.25) is 5.91 Å². The Labute approximate surface area is 94.9 Å². The average Bonchev–Trinajstić information content (AvgIpc) is 2.62. The molecular formula is C11H18N2O3. The molecule has 0 aromatic carbocycles. The quantitative estimate of drug-likeness (QED) is 0.720. The van der Waals surface area contributed by atoms with Crippen LogP contribution >= 0.6 is 0 Å². The highest BCUT2D eigenvalue weighted by atomic mass is 16.5. The van der Waals surface area contributed by atoms with Crippen molar-refractivity contribution in [2.75, 3.05) is 7.11 Å². The Morgan fingerprint density at radius 1 is 1.56 bits per heavy atom. The Morgan fingerprint density at radius 2 is 2.25 bits per heavy atom. The molecular weight excluding hydrogens is 208 g/mol. The Balaban J connectivity index is 2.33. The fraction of sp³-hybridized carbons (Fsp3) is 0.545. The average molecular weight is 226 g/mol. The molecule has 0 saturated carbocycles. The molecule has 0 bridgehead atoms. The van der Waals surface area contributed by atoms with Gasteiger partial charge in [0.15, 0.2) is 0 Å². The van der Waals surface area contributed by atoms with Crippen molar-refractivity contribution in [3.05, 3.63) is 23.7 Å². The second-order valence-electron chi connectivity index (χ2n) is 3.75. The zero-order valence-corrected chi connectivity index (χ0v) is 9.66. The van der Waals surface area contributed by atoms with Crippen molar-refractivity contribution < 1.29 is 13.9 Å². The predicted molar refractivity (Wildman–Crippen MR) is 59.5 cm³/mol.